The van der Waals surface area contributed by atoms with Crippen molar-refractivity contribution < 1.29 is 4.79 Å². The smallest absolute Gasteiger partial charge is 0.132 e. The second kappa shape index (κ2) is 4.70. The number of carbonyl (C=O) groups is 1. The lowest BCUT2D eigenvalue weighted by atomic mass is 10.2. The zero-order valence-electron chi connectivity index (χ0n) is 8.24. The first-order valence-electron chi connectivity index (χ1n) is 4.47. The van der Waals surface area contributed by atoms with Crippen molar-refractivity contribution in [3.8, 4) is 0 Å². The molecule has 0 saturated carbocycles. The van der Waals surface area contributed by atoms with Crippen molar-refractivity contribution in [3.05, 3.63) is 0 Å². The van der Waals surface area contributed by atoms with E-state index in [0.717, 1.165) is 25.3 Å². The van der Waals surface area contributed by atoms with Crippen LogP contribution in [-0.4, -0.2) is 13.9 Å². The molecule has 0 amide bonds. The standard InChI is InChI=1S/C9H20OSi/c1-5-6-9(10)7-8-11(2,3)4/h5-8H2,1-4H3. The maximum atomic E-state index is 11.1. The fourth-order valence-corrected chi connectivity index (χ4v) is 1.95. The minimum Gasteiger partial charge on any atom is -0.300 e. The Morgan fingerprint density at radius 1 is 1.18 bits per heavy atom. The van der Waals surface area contributed by atoms with Gasteiger partial charge in [-0.2, -0.15) is 0 Å². The van der Waals surface area contributed by atoms with Gasteiger partial charge in [-0.15, -0.1) is 0 Å². The highest BCUT2D eigenvalue weighted by Crippen LogP contribution is 2.12. The third-order valence-electron chi connectivity index (χ3n) is 1.68. The topological polar surface area (TPSA) is 17.1 Å². The zero-order valence-corrected chi connectivity index (χ0v) is 9.24. The summed E-state index contributed by atoms with van der Waals surface area (Å²) >= 11 is 0. The molecule has 0 aromatic heterocycles. The van der Waals surface area contributed by atoms with Crippen molar-refractivity contribution in [3.63, 3.8) is 0 Å². The summed E-state index contributed by atoms with van der Waals surface area (Å²) < 4.78 is 0. The molecular weight excluding hydrogens is 152 g/mol. The Bertz CT molecular complexity index is 124. The van der Waals surface area contributed by atoms with Crippen LogP contribution in [0.1, 0.15) is 26.2 Å². The van der Waals surface area contributed by atoms with Crippen LogP contribution in [0.4, 0.5) is 0 Å². The number of carbonyl (C=O) groups excluding carboxylic acids is 1. The van der Waals surface area contributed by atoms with Gasteiger partial charge < -0.3 is 0 Å². The Hall–Kier alpha value is -0.113. The highest BCUT2D eigenvalue weighted by atomic mass is 28.3. The molecule has 0 fully saturated rings. The molecule has 0 aliphatic carbocycles. The lowest BCUT2D eigenvalue weighted by Crippen LogP contribution is -2.20. The minimum atomic E-state index is -0.970. The van der Waals surface area contributed by atoms with E-state index in [4.69, 9.17) is 0 Å². The summed E-state index contributed by atoms with van der Waals surface area (Å²) in [7, 11) is -0.970. The molecule has 0 unspecified atom stereocenters. The number of ketones is 1. The Morgan fingerprint density at radius 2 is 1.73 bits per heavy atom. The van der Waals surface area contributed by atoms with Crippen LogP contribution in [0.25, 0.3) is 0 Å². The van der Waals surface area contributed by atoms with Crippen molar-refractivity contribution in [2.75, 3.05) is 0 Å². The van der Waals surface area contributed by atoms with E-state index in [1.54, 1.807) is 0 Å². The first-order valence-corrected chi connectivity index (χ1v) is 8.18. The van der Waals surface area contributed by atoms with Gasteiger partial charge in [0.25, 0.3) is 0 Å². The quantitative estimate of drug-likeness (QED) is 0.582. The average Bonchev–Trinajstić information content (AvgIpc) is 1.83. The molecular formula is C9H20OSi. The van der Waals surface area contributed by atoms with E-state index in [9.17, 15) is 4.79 Å². The van der Waals surface area contributed by atoms with Crippen LogP contribution in [0.15, 0.2) is 0 Å². The average molecular weight is 172 g/mol. The summed E-state index contributed by atoms with van der Waals surface area (Å²) in [5, 5.41) is 0. The molecule has 0 heterocycles. The molecule has 0 aromatic rings. The van der Waals surface area contributed by atoms with Crippen molar-refractivity contribution in [1.29, 1.82) is 0 Å². The van der Waals surface area contributed by atoms with Gasteiger partial charge in [0, 0.05) is 20.9 Å². The summed E-state index contributed by atoms with van der Waals surface area (Å²) in [6.07, 6.45) is 2.61. The number of Topliss-reactive ketones (excluding diaryl/α,β-unsaturated/α-hetero) is 1. The van der Waals surface area contributed by atoms with Crippen LogP contribution in [-0.2, 0) is 4.79 Å². The van der Waals surface area contributed by atoms with Gasteiger partial charge >= 0.3 is 0 Å². The van der Waals surface area contributed by atoms with Crippen molar-refractivity contribution in [2.45, 2.75) is 51.9 Å². The van der Waals surface area contributed by atoms with Gasteiger partial charge in [-0.25, -0.2) is 0 Å². The summed E-state index contributed by atoms with van der Waals surface area (Å²) in [5.41, 5.74) is 0. The molecule has 0 rings (SSSR count). The van der Waals surface area contributed by atoms with Gasteiger partial charge in [0.15, 0.2) is 0 Å². The number of rotatable bonds is 5. The SMILES string of the molecule is CCCC(=O)CC[Si](C)(C)C. The molecule has 66 valence electrons. The van der Waals surface area contributed by atoms with E-state index in [-0.39, 0.29) is 0 Å². The maximum absolute atomic E-state index is 11.1. The van der Waals surface area contributed by atoms with Gasteiger partial charge in [0.2, 0.25) is 0 Å². The van der Waals surface area contributed by atoms with Gasteiger partial charge in [0.05, 0.1) is 0 Å². The monoisotopic (exact) mass is 172 g/mol. The summed E-state index contributed by atoms with van der Waals surface area (Å²) in [5.74, 6) is 0.454. The Balaban J connectivity index is 3.46. The molecule has 0 saturated heterocycles. The van der Waals surface area contributed by atoms with E-state index >= 15 is 0 Å². The van der Waals surface area contributed by atoms with Crippen molar-refractivity contribution in [2.24, 2.45) is 0 Å². The van der Waals surface area contributed by atoms with E-state index < -0.39 is 8.07 Å². The van der Waals surface area contributed by atoms with Crippen LogP contribution >= 0.6 is 0 Å². The zero-order chi connectivity index (χ0) is 8.91. The molecule has 0 aromatic carbocycles. The maximum Gasteiger partial charge on any atom is 0.132 e. The van der Waals surface area contributed by atoms with Crippen LogP contribution < -0.4 is 0 Å². The van der Waals surface area contributed by atoms with Gasteiger partial charge in [0.1, 0.15) is 5.78 Å². The predicted molar refractivity (Wildman–Crippen MR) is 52.7 cm³/mol. The summed E-state index contributed by atoms with van der Waals surface area (Å²) in [4.78, 5) is 11.1. The van der Waals surface area contributed by atoms with Gasteiger partial charge in [-0.3, -0.25) is 4.79 Å². The van der Waals surface area contributed by atoms with E-state index in [2.05, 4.69) is 26.6 Å². The minimum absolute atomic E-state index is 0.454. The second-order valence-corrected chi connectivity index (χ2v) is 9.97. The third kappa shape index (κ3) is 7.79. The third-order valence-corrected chi connectivity index (χ3v) is 3.43. The van der Waals surface area contributed by atoms with Crippen LogP contribution in [0, 0.1) is 0 Å². The van der Waals surface area contributed by atoms with E-state index in [1.807, 2.05) is 0 Å². The summed E-state index contributed by atoms with van der Waals surface area (Å²) in [6, 6.07) is 1.16. The second-order valence-electron chi connectivity index (χ2n) is 4.35. The molecule has 0 N–H and O–H groups in total. The van der Waals surface area contributed by atoms with Crippen molar-refractivity contribution in [1.82, 2.24) is 0 Å². The largest absolute Gasteiger partial charge is 0.300 e. The number of hydrogen-bond donors (Lipinski definition) is 0. The molecule has 0 bridgehead atoms. The molecule has 0 spiro atoms. The van der Waals surface area contributed by atoms with Crippen LogP contribution in [0.2, 0.25) is 25.7 Å². The normalized spacial score (nSPS) is 11.6. The lowest BCUT2D eigenvalue weighted by molar-refractivity contribution is -0.118. The Kier molecular flexibility index (Phi) is 4.65. The van der Waals surface area contributed by atoms with Crippen LogP contribution in [0.3, 0.4) is 0 Å². The summed E-state index contributed by atoms with van der Waals surface area (Å²) in [6.45, 7) is 9.00. The molecule has 0 aliphatic heterocycles. The van der Waals surface area contributed by atoms with Crippen LogP contribution in [0.5, 0.6) is 0 Å². The van der Waals surface area contributed by atoms with Gasteiger partial charge in [-0.05, 0) is 6.42 Å². The molecule has 0 radical (unpaired) electrons. The highest BCUT2D eigenvalue weighted by molar-refractivity contribution is 6.76. The van der Waals surface area contributed by atoms with E-state index in [0.29, 0.717) is 5.78 Å². The Morgan fingerprint density at radius 3 is 2.09 bits per heavy atom. The fraction of sp³-hybridized carbons (Fsp3) is 0.889. The molecule has 1 nitrogen and oxygen atoms in total. The molecule has 2 heteroatoms. The number of hydrogen-bond acceptors (Lipinski definition) is 1. The first-order chi connectivity index (χ1) is 4.95. The highest BCUT2D eigenvalue weighted by Gasteiger charge is 2.14. The molecule has 0 aliphatic rings. The Labute approximate surface area is 71.2 Å². The fourth-order valence-electron chi connectivity index (χ4n) is 0.918. The first kappa shape index (κ1) is 10.9. The van der Waals surface area contributed by atoms with E-state index in [1.165, 1.54) is 0 Å². The van der Waals surface area contributed by atoms with Gasteiger partial charge in [-0.1, -0.05) is 32.6 Å². The molecule has 11 heavy (non-hydrogen) atoms. The lowest BCUT2D eigenvalue weighted by Gasteiger charge is -2.14. The predicted octanol–water partition coefficient (Wildman–Crippen LogP) is 3.08. The van der Waals surface area contributed by atoms with Crippen molar-refractivity contribution >= 4 is 13.9 Å². The molecule has 0 atom stereocenters.